The van der Waals surface area contributed by atoms with Crippen molar-refractivity contribution in [1.29, 1.82) is 0 Å². The van der Waals surface area contributed by atoms with Crippen molar-refractivity contribution in [3.63, 3.8) is 0 Å². The van der Waals surface area contributed by atoms with Gasteiger partial charge in [-0.25, -0.2) is 0 Å². The van der Waals surface area contributed by atoms with E-state index >= 15 is 0 Å². The fourth-order valence-electron chi connectivity index (χ4n) is 2.38. The Balaban J connectivity index is 2.03. The summed E-state index contributed by atoms with van der Waals surface area (Å²) < 4.78 is 9.91. The van der Waals surface area contributed by atoms with Crippen molar-refractivity contribution in [2.45, 2.75) is 25.8 Å². The van der Waals surface area contributed by atoms with E-state index in [4.69, 9.17) is 9.47 Å². The van der Waals surface area contributed by atoms with Crippen molar-refractivity contribution in [3.8, 4) is 5.75 Å². The molecule has 0 aliphatic heterocycles. The van der Waals surface area contributed by atoms with Crippen LogP contribution < -0.4 is 4.74 Å². The van der Waals surface area contributed by atoms with Gasteiger partial charge in [-0.2, -0.15) is 0 Å². The molecule has 0 radical (unpaired) electrons. The number of hydrogen-bond acceptors (Lipinski definition) is 4. The maximum atomic E-state index is 12.5. The molecule has 124 valence electrons. The number of methoxy groups -OCH3 is 2. The fourth-order valence-corrected chi connectivity index (χ4v) is 2.38. The van der Waals surface area contributed by atoms with Crippen LogP contribution in [0.3, 0.4) is 0 Å². The average Bonchev–Trinajstić information content (AvgIpc) is 3.41. The summed E-state index contributed by atoms with van der Waals surface area (Å²) in [5.41, 5.74) is 0.898. The number of hydrogen-bond donors (Lipinski definition) is 0. The number of carbonyl (C=O) groups excluding carboxylic acids is 2. The van der Waals surface area contributed by atoms with Crippen LogP contribution in [0.2, 0.25) is 0 Å². The Kier molecular flexibility index (Phi) is 5.79. The Labute approximate surface area is 136 Å². The van der Waals surface area contributed by atoms with E-state index in [-0.39, 0.29) is 23.8 Å². The molecule has 1 fully saturated rings. The van der Waals surface area contributed by atoms with E-state index in [1.165, 1.54) is 7.11 Å². The van der Waals surface area contributed by atoms with E-state index in [0.717, 1.165) is 24.2 Å². The van der Waals surface area contributed by atoms with Gasteiger partial charge >= 0.3 is 5.97 Å². The molecule has 1 aliphatic carbocycles. The molecule has 5 heteroatoms. The molecule has 5 nitrogen and oxygen atoms in total. The highest BCUT2D eigenvalue weighted by Crippen LogP contribution is 2.28. The van der Waals surface area contributed by atoms with E-state index in [9.17, 15) is 9.59 Å². The van der Waals surface area contributed by atoms with E-state index in [2.05, 4.69) is 0 Å². The van der Waals surface area contributed by atoms with E-state index in [1.54, 1.807) is 31.1 Å². The van der Waals surface area contributed by atoms with Gasteiger partial charge in [0.25, 0.3) is 0 Å². The molecule has 0 saturated heterocycles. The van der Waals surface area contributed by atoms with Crippen molar-refractivity contribution in [3.05, 3.63) is 35.9 Å². The van der Waals surface area contributed by atoms with Crippen LogP contribution in [0.4, 0.5) is 0 Å². The normalized spacial score (nSPS) is 15.3. The predicted molar refractivity (Wildman–Crippen MR) is 87.9 cm³/mol. The molecule has 0 N–H and O–H groups in total. The van der Waals surface area contributed by atoms with Gasteiger partial charge in [-0.1, -0.05) is 19.1 Å². The zero-order valence-electron chi connectivity index (χ0n) is 13.8. The lowest BCUT2D eigenvalue weighted by Crippen LogP contribution is -2.37. The van der Waals surface area contributed by atoms with E-state index < -0.39 is 0 Å². The summed E-state index contributed by atoms with van der Waals surface area (Å²) in [5, 5.41) is 0. The van der Waals surface area contributed by atoms with Crippen LogP contribution in [0.1, 0.15) is 25.3 Å². The highest BCUT2D eigenvalue weighted by Gasteiger charge is 2.33. The molecule has 1 aliphatic rings. The maximum absolute atomic E-state index is 12.5. The van der Waals surface area contributed by atoms with Crippen molar-refractivity contribution in [1.82, 2.24) is 4.90 Å². The molecule has 1 amide bonds. The molecule has 1 saturated carbocycles. The van der Waals surface area contributed by atoms with Crippen LogP contribution in [0.5, 0.6) is 5.75 Å². The first-order valence-electron chi connectivity index (χ1n) is 7.75. The summed E-state index contributed by atoms with van der Waals surface area (Å²) >= 11 is 0. The van der Waals surface area contributed by atoms with E-state index in [1.807, 2.05) is 24.3 Å². The highest BCUT2D eigenvalue weighted by molar-refractivity contribution is 5.92. The molecule has 1 unspecified atom stereocenters. The summed E-state index contributed by atoms with van der Waals surface area (Å²) in [6, 6.07) is 7.74. The fraction of sp³-hybridized carbons (Fsp3) is 0.444. The third-order valence-electron chi connectivity index (χ3n) is 3.86. The van der Waals surface area contributed by atoms with Gasteiger partial charge in [0.2, 0.25) is 5.91 Å². The minimum Gasteiger partial charge on any atom is -0.497 e. The van der Waals surface area contributed by atoms with Gasteiger partial charge in [-0.3, -0.25) is 9.59 Å². The molecule has 0 spiro atoms. The lowest BCUT2D eigenvalue weighted by molar-refractivity contribution is -0.146. The summed E-state index contributed by atoms with van der Waals surface area (Å²) in [7, 11) is 2.97. The summed E-state index contributed by atoms with van der Waals surface area (Å²) in [4.78, 5) is 25.8. The third-order valence-corrected chi connectivity index (χ3v) is 3.86. The van der Waals surface area contributed by atoms with Gasteiger partial charge in [0.1, 0.15) is 5.75 Å². The molecule has 1 aromatic rings. The molecule has 1 aromatic carbocycles. The van der Waals surface area contributed by atoms with Gasteiger partial charge in [0.05, 0.1) is 20.1 Å². The highest BCUT2D eigenvalue weighted by atomic mass is 16.5. The Bertz CT molecular complexity index is 592. The Hall–Kier alpha value is -2.30. The van der Waals surface area contributed by atoms with Gasteiger partial charge in [-0.15, -0.1) is 0 Å². The third kappa shape index (κ3) is 4.84. The molecule has 0 heterocycles. The van der Waals surface area contributed by atoms with Crippen molar-refractivity contribution >= 4 is 18.0 Å². The topological polar surface area (TPSA) is 55.8 Å². The second-order valence-electron chi connectivity index (χ2n) is 5.76. The van der Waals surface area contributed by atoms with E-state index in [0.29, 0.717) is 6.54 Å². The van der Waals surface area contributed by atoms with Gasteiger partial charge in [0.15, 0.2) is 0 Å². The summed E-state index contributed by atoms with van der Waals surface area (Å²) in [6.07, 6.45) is 5.30. The number of nitrogens with zero attached hydrogens (tertiary/aromatic N) is 1. The Morgan fingerprint density at radius 2 is 2.09 bits per heavy atom. The summed E-state index contributed by atoms with van der Waals surface area (Å²) in [5.74, 6) is 0.0547. The monoisotopic (exact) mass is 317 g/mol. The largest absolute Gasteiger partial charge is 0.497 e. The van der Waals surface area contributed by atoms with Crippen molar-refractivity contribution in [2.75, 3.05) is 20.8 Å². The van der Waals surface area contributed by atoms with Gasteiger partial charge in [0, 0.05) is 18.7 Å². The molecular weight excluding hydrogens is 294 g/mol. The van der Waals surface area contributed by atoms with Gasteiger partial charge in [-0.05, 0) is 36.6 Å². The molecular formula is C18H23NO4. The van der Waals surface area contributed by atoms with Crippen LogP contribution in [0.25, 0.3) is 6.08 Å². The SMILES string of the molecule is COC(=O)C(C)CN(C(=O)/C=C/c1cccc(OC)c1)C1CC1. The zero-order chi connectivity index (χ0) is 16.8. The standard InChI is InChI=1S/C18H23NO4/c1-13(18(21)23-3)12-19(15-8-9-15)17(20)10-7-14-5-4-6-16(11-14)22-2/h4-7,10-11,13,15H,8-9,12H2,1-3H3/b10-7+. The number of ether oxygens (including phenoxy) is 2. The number of rotatable bonds is 7. The van der Waals surface area contributed by atoms with Crippen molar-refractivity contribution < 1.29 is 19.1 Å². The minimum absolute atomic E-state index is 0.0777. The molecule has 1 atom stereocenters. The molecule has 2 rings (SSSR count). The average molecular weight is 317 g/mol. The van der Waals surface area contributed by atoms with Crippen molar-refractivity contribution in [2.24, 2.45) is 5.92 Å². The zero-order valence-corrected chi connectivity index (χ0v) is 13.8. The minimum atomic E-state index is -0.324. The molecule has 23 heavy (non-hydrogen) atoms. The van der Waals surface area contributed by atoms with Crippen LogP contribution in [0.15, 0.2) is 30.3 Å². The number of amides is 1. The molecule has 0 bridgehead atoms. The predicted octanol–water partition coefficient (Wildman–Crippen LogP) is 2.51. The Morgan fingerprint density at radius 3 is 2.70 bits per heavy atom. The first-order valence-corrected chi connectivity index (χ1v) is 7.75. The number of benzene rings is 1. The van der Waals surface area contributed by atoms with Crippen LogP contribution >= 0.6 is 0 Å². The van der Waals surface area contributed by atoms with Crippen LogP contribution in [-0.2, 0) is 14.3 Å². The lowest BCUT2D eigenvalue weighted by atomic mass is 10.1. The second-order valence-corrected chi connectivity index (χ2v) is 5.76. The van der Waals surface area contributed by atoms with Crippen LogP contribution in [0, 0.1) is 5.92 Å². The van der Waals surface area contributed by atoms with Crippen LogP contribution in [-0.4, -0.2) is 43.6 Å². The smallest absolute Gasteiger partial charge is 0.310 e. The number of carbonyl (C=O) groups is 2. The number of esters is 1. The first kappa shape index (κ1) is 17.1. The maximum Gasteiger partial charge on any atom is 0.310 e. The quantitative estimate of drug-likeness (QED) is 0.573. The van der Waals surface area contributed by atoms with Gasteiger partial charge < -0.3 is 14.4 Å². The summed E-state index contributed by atoms with van der Waals surface area (Å²) in [6.45, 7) is 2.17. The first-order chi connectivity index (χ1) is 11.0. The lowest BCUT2D eigenvalue weighted by Gasteiger charge is -2.23. The molecule has 0 aromatic heterocycles. The second kappa shape index (κ2) is 7.81. The Morgan fingerprint density at radius 1 is 1.35 bits per heavy atom.